The van der Waals surface area contributed by atoms with Gasteiger partial charge in [-0.15, -0.1) is 11.3 Å². The van der Waals surface area contributed by atoms with Crippen LogP contribution in [0.25, 0.3) is 27.7 Å². The fourth-order valence-electron chi connectivity index (χ4n) is 2.59. The number of Topliss-reactive ketones (excluding diaryl/α,β-unsaturated/α-hetero) is 1. The maximum atomic E-state index is 12.8. The van der Waals surface area contributed by atoms with Crippen molar-refractivity contribution in [3.8, 4) is 16.8 Å². The van der Waals surface area contributed by atoms with Crippen molar-refractivity contribution in [1.82, 2.24) is 9.97 Å². The topological polar surface area (TPSA) is 82.7 Å². The molecule has 0 spiro atoms. The number of fused-ring (bicyclic) bond motifs is 1. The molecule has 5 nitrogen and oxygen atoms in total. The van der Waals surface area contributed by atoms with Crippen molar-refractivity contribution in [3.05, 3.63) is 70.0 Å². The zero-order chi connectivity index (χ0) is 18.1. The van der Waals surface area contributed by atoms with E-state index in [4.69, 9.17) is 16.0 Å². The Morgan fingerprint density at radius 3 is 3.04 bits per heavy atom. The second-order valence-electron chi connectivity index (χ2n) is 5.45. The highest BCUT2D eigenvalue weighted by Crippen LogP contribution is 2.27. The molecule has 0 bridgehead atoms. The third kappa shape index (κ3) is 2.94. The molecule has 26 heavy (non-hydrogen) atoms. The van der Waals surface area contributed by atoms with Crippen molar-refractivity contribution in [1.29, 1.82) is 5.26 Å². The number of carbonyl (C=O) groups excluding carboxylic acids is 1. The molecule has 126 valence electrons. The minimum absolute atomic E-state index is 0.0112. The van der Waals surface area contributed by atoms with Gasteiger partial charge in [-0.3, -0.25) is 4.79 Å². The number of ketones is 1. The number of allylic oxidation sites excluding steroid dienone is 1. The molecule has 3 aromatic heterocycles. The number of benzene rings is 1. The van der Waals surface area contributed by atoms with Crippen LogP contribution in [-0.2, 0) is 0 Å². The molecule has 1 N–H and O–H groups in total. The summed E-state index contributed by atoms with van der Waals surface area (Å²) in [5, 5.41) is 13.2. The predicted molar refractivity (Wildman–Crippen MR) is 101 cm³/mol. The Bertz CT molecular complexity index is 1180. The number of H-pyrrole nitrogens is 1. The minimum atomic E-state index is -0.367. The Morgan fingerprint density at radius 1 is 1.38 bits per heavy atom. The third-order valence-electron chi connectivity index (χ3n) is 3.80. The predicted octanol–water partition coefficient (Wildman–Crippen LogP) is 5.33. The van der Waals surface area contributed by atoms with Crippen molar-refractivity contribution < 1.29 is 9.21 Å². The standard InChI is InChI=1S/C19H10ClN3O2S/c20-12-3-4-14-15(9-22-16(14)7-12)18(24)11(8-21)6-13-10-26-19(23-13)17-2-1-5-25-17/h1-7,9-10,22H/b11-6-. The van der Waals surface area contributed by atoms with Gasteiger partial charge in [0.25, 0.3) is 0 Å². The highest BCUT2D eigenvalue weighted by atomic mass is 35.5. The second-order valence-corrected chi connectivity index (χ2v) is 6.74. The van der Waals surface area contributed by atoms with Crippen LogP contribution in [0.4, 0.5) is 0 Å². The van der Waals surface area contributed by atoms with E-state index in [1.807, 2.05) is 6.07 Å². The molecule has 3 heterocycles. The summed E-state index contributed by atoms with van der Waals surface area (Å²) in [5.41, 5.74) is 1.71. The van der Waals surface area contributed by atoms with E-state index < -0.39 is 0 Å². The zero-order valence-corrected chi connectivity index (χ0v) is 14.8. The number of aromatic amines is 1. The first kappa shape index (κ1) is 16.3. The lowest BCUT2D eigenvalue weighted by molar-refractivity contribution is 0.104. The van der Waals surface area contributed by atoms with E-state index in [0.717, 1.165) is 10.9 Å². The first-order chi connectivity index (χ1) is 12.7. The van der Waals surface area contributed by atoms with Crippen LogP contribution in [0.15, 0.2) is 58.2 Å². The van der Waals surface area contributed by atoms with E-state index in [9.17, 15) is 10.1 Å². The summed E-state index contributed by atoms with van der Waals surface area (Å²) in [6.07, 6.45) is 4.64. The van der Waals surface area contributed by atoms with Crippen molar-refractivity contribution in [2.45, 2.75) is 0 Å². The van der Waals surface area contributed by atoms with Crippen LogP contribution in [0.2, 0.25) is 5.02 Å². The summed E-state index contributed by atoms with van der Waals surface area (Å²) in [4.78, 5) is 20.2. The van der Waals surface area contributed by atoms with Crippen LogP contribution in [0, 0.1) is 11.3 Å². The molecule has 0 saturated heterocycles. The van der Waals surface area contributed by atoms with Crippen molar-refractivity contribution in [2.75, 3.05) is 0 Å². The van der Waals surface area contributed by atoms with Gasteiger partial charge in [0.15, 0.2) is 10.8 Å². The quantitative estimate of drug-likeness (QED) is 0.295. The number of halogens is 1. The van der Waals surface area contributed by atoms with E-state index in [1.165, 1.54) is 17.4 Å². The van der Waals surface area contributed by atoms with Crippen LogP contribution in [-0.4, -0.2) is 15.8 Å². The van der Waals surface area contributed by atoms with Crippen molar-refractivity contribution in [3.63, 3.8) is 0 Å². The fraction of sp³-hybridized carbons (Fsp3) is 0. The molecule has 0 atom stereocenters. The Balaban J connectivity index is 1.69. The molecule has 0 radical (unpaired) electrons. The lowest BCUT2D eigenvalue weighted by Gasteiger charge is -1.98. The number of nitrogens with zero attached hydrogens (tertiary/aromatic N) is 2. The summed E-state index contributed by atoms with van der Waals surface area (Å²) in [6, 6.07) is 10.8. The smallest absolute Gasteiger partial charge is 0.205 e. The average Bonchev–Trinajstić information content (AvgIpc) is 3.38. The van der Waals surface area contributed by atoms with Crippen LogP contribution in [0.3, 0.4) is 0 Å². The number of nitriles is 1. The summed E-state index contributed by atoms with van der Waals surface area (Å²) < 4.78 is 5.31. The maximum Gasteiger partial charge on any atom is 0.205 e. The summed E-state index contributed by atoms with van der Waals surface area (Å²) in [6.45, 7) is 0. The van der Waals surface area contributed by atoms with Crippen LogP contribution >= 0.6 is 22.9 Å². The number of nitrogens with one attached hydrogen (secondary N) is 1. The molecular weight excluding hydrogens is 370 g/mol. The summed E-state index contributed by atoms with van der Waals surface area (Å²) >= 11 is 7.35. The normalized spacial score (nSPS) is 11.6. The number of hydrogen-bond donors (Lipinski definition) is 1. The number of furan rings is 1. The van der Waals surface area contributed by atoms with Gasteiger partial charge in [-0.1, -0.05) is 17.7 Å². The molecule has 0 aliphatic rings. The van der Waals surface area contributed by atoms with Gasteiger partial charge < -0.3 is 9.40 Å². The number of thiazole rings is 1. The molecule has 4 aromatic rings. The first-order valence-corrected chi connectivity index (χ1v) is 8.84. The summed E-state index contributed by atoms with van der Waals surface area (Å²) in [7, 11) is 0. The molecule has 0 saturated carbocycles. The van der Waals surface area contributed by atoms with Crippen LogP contribution < -0.4 is 0 Å². The van der Waals surface area contributed by atoms with E-state index >= 15 is 0 Å². The third-order valence-corrected chi connectivity index (χ3v) is 4.91. The molecule has 4 rings (SSSR count). The minimum Gasteiger partial charge on any atom is -0.462 e. The molecule has 7 heteroatoms. The van der Waals surface area contributed by atoms with Gasteiger partial charge >= 0.3 is 0 Å². The summed E-state index contributed by atoms with van der Waals surface area (Å²) in [5.74, 6) is 0.279. The molecule has 0 unspecified atom stereocenters. The average molecular weight is 380 g/mol. The van der Waals surface area contributed by atoms with Gasteiger partial charge in [-0.05, 0) is 30.3 Å². The van der Waals surface area contributed by atoms with Gasteiger partial charge in [0.05, 0.1) is 12.0 Å². The van der Waals surface area contributed by atoms with Gasteiger partial charge in [0, 0.05) is 33.1 Å². The Hall–Kier alpha value is -3.14. The number of rotatable bonds is 4. The van der Waals surface area contributed by atoms with E-state index in [-0.39, 0.29) is 11.4 Å². The number of carbonyl (C=O) groups is 1. The van der Waals surface area contributed by atoms with E-state index in [0.29, 0.717) is 27.0 Å². The number of hydrogen-bond acceptors (Lipinski definition) is 5. The molecule has 0 amide bonds. The lowest BCUT2D eigenvalue weighted by Crippen LogP contribution is -2.01. The van der Waals surface area contributed by atoms with E-state index in [1.54, 1.807) is 48.2 Å². The van der Waals surface area contributed by atoms with Crippen LogP contribution in [0.5, 0.6) is 0 Å². The van der Waals surface area contributed by atoms with Crippen molar-refractivity contribution in [2.24, 2.45) is 0 Å². The molecule has 1 aromatic carbocycles. The van der Waals surface area contributed by atoms with Crippen LogP contribution in [0.1, 0.15) is 16.1 Å². The van der Waals surface area contributed by atoms with Gasteiger partial charge in [-0.2, -0.15) is 5.26 Å². The van der Waals surface area contributed by atoms with Gasteiger partial charge in [-0.25, -0.2) is 4.98 Å². The highest BCUT2D eigenvalue weighted by Gasteiger charge is 2.17. The SMILES string of the molecule is N#C/C(=C/c1csc(-c2ccco2)n1)C(=O)c1c[nH]c2cc(Cl)ccc12. The van der Waals surface area contributed by atoms with Gasteiger partial charge in [0.1, 0.15) is 11.6 Å². The number of aromatic nitrogens is 2. The lowest BCUT2D eigenvalue weighted by atomic mass is 10.0. The molecule has 0 fully saturated rings. The molecular formula is C19H10ClN3O2S. The first-order valence-electron chi connectivity index (χ1n) is 7.58. The molecule has 0 aliphatic carbocycles. The highest BCUT2D eigenvalue weighted by molar-refractivity contribution is 7.13. The Kier molecular flexibility index (Phi) is 4.17. The Labute approximate surface area is 157 Å². The second kappa shape index (κ2) is 6.64. The van der Waals surface area contributed by atoms with E-state index in [2.05, 4.69) is 9.97 Å². The van der Waals surface area contributed by atoms with Crippen molar-refractivity contribution >= 4 is 45.7 Å². The maximum absolute atomic E-state index is 12.8. The molecule has 0 aliphatic heterocycles. The van der Waals surface area contributed by atoms with Gasteiger partial charge in [0.2, 0.25) is 5.78 Å². The Morgan fingerprint density at radius 2 is 2.27 bits per heavy atom. The largest absolute Gasteiger partial charge is 0.462 e. The zero-order valence-electron chi connectivity index (χ0n) is 13.2. The monoisotopic (exact) mass is 379 g/mol. The fourth-order valence-corrected chi connectivity index (χ4v) is 3.51.